The number of nitrogens with zero attached hydrogens (tertiary/aromatic N) is 3. The summed E-state index contributed by atoms with van der Waals surface area (Å²) < 4.78 is 26.1. The minimum Gasteiger partial charge on any atom is -0.262 e. The molecule has 0 aliphatic carbocycles. The van der Waals surface area contributed by atoms with Crippen molar-refractivity contribution in [3.63, 3.8) is 0 Å². The Balaban J connectivity index is 2.17. The Hall–Kier alpha value is -1.22. The monoisotopic (exact) mass is 307 g/mol. The van der Waals surface area contributed by atoms with E-state index >= 15 is 0 Å². The van der Waals surface area contributed by atoms with Crippen LogP contribution in [0.15, 0.2) is 23.5 Å². The fraction of sp³-hybridized carbons (Fsp3) is 0.125. The third-order valence-electron chi connectivity index (χ3n) is 1.98. The molecule has 0 amide bonds. The molecule has 2 N–H and O–H groups in total. The van der Waals surface area contributed by atoms with E-state index in [0.29, 0.717) is 5.82 Å². The fourth-order valence-electron chi connectivity index (χ4n) is 1.11. The molecule has 2 heterocycles. The molecule has 10 heteroatoms. The molecule has 0 unspecified atom stereocenters. The largest absolute Gasteiger partial charge is 0.262 e. The summed E-state index contributed by atoms with van der Waals surface area (Å²) in [5, 5.41) is 6.25. The lowest BCUT2D eigenvalue weighted by Crippen LogP contribution is -2.24. The second-order valence-electron chi connectivity index (χ2n) is 3.20. The van der Waals surface area contributed by atoms with Gasteiger partial charge in [-0.2, -0.15) is 5.10 Å². The first kappa shape index (κ1) is 13.2. The number of hydrogen-bond donors (Lipinski definition) is 2. The molecule has 0 saturated carbocycles. The molecule has 2 rings (SSSR count). The molecular formula is C8H7Cl2N5O2S. The molecule has 0 radical (unpaired) electrons. The van der Waals surface area contributed by atoms with Gasteiger partial charge < -0.3 is 0 Å². The van der Waals surface area contributed by atoms with E-state index in [4.69, 9.17) is 23.2 Å². The third kappa shape index (κ3) is 2.96. The molecule has 0 aliphatic rings. The van der Waals surface area contributed by atoms with E-state index in [2.05, 4.69) is 24.9 Å². The van der Waals surface area contributed by atoms with Crippen molar-refractivity contribution < 1.29 is 8.42 Å². The summed E-state index contributed by atoms with van der Waals surface area (Å²) in [6.07, 6.45) is 2.40. The standard InChI is InChI=1S/C8H7Cl2N5O2S/c9-6-1-5(2-11-8(6)10)18(16,17)14-3-7-12-4-13-15-7/h1-2,4,14H,3H2,(H,12,13,15). The zero-order valence-corrected chi connectivity index (χ0v) is 11.1. The van der Waals surface area contributed by atoms with E-state index in [1.807, 2.05) is 0 Å². The van der Waals surface area contributed by atoms with Crippen molar-refractivity contribution in [2.45, 2.75) is 11.4 Å². The lowest BCUT2D eigenvalue weighted by atomic mass is 10.5. The maximum absolute atomic E-state index is 11.9. The number of aromatic amines is 1. The molecule has 2 aromatic rings. The minimum atomic E-state index is -3.72. The van der Waals surface area contributed by atoms with Crippen LogP contribution in [-0.4, -0.2) is 28.6 Å². The molecule has 0 fully saturated rings. The van der Waals surface area contributed by atoms with Crippen molar-refractivity contribution in [3.05, 3.63) is 34.6 Å². The Bertz CT molecular complexity index is 644. The van der Waals surface area contributed by atoms with Gasteiger partial charge in [-0.15, -0.1) is 0 Å². The molecule has 7 nitrogen and oxygen atoms in total. The average Bonchev–Trinajstić information content (AvgIpc) is 2.83. The van der Waals surface area contributed by atoms with Crippen molar-refractivity contribution in [1.82, 2.24) is 24.9 Å². The van der Waals surface area contributed by atoms with Crippen LogP contribution in [0.25, 0.3) is 0 Å². The Morgan fingerprint density at radius 2 is 2.11 bits per heavy atom. The van der Waals surface area contributed by atoms with Crippen LogP contribution >= 0.6 is 23.2 Å². The van der Waals surface area contributed by atoms with Crippen molar-refractivity contribution in [2.24, 2.45) is 0 Å². The van der Waals surface area contributed by atoms with Crippen LogP contribution in [0.5, 0.6) is 0 Å². The maximum atomic E-state index is 11.9. The summed E-state index contributed by atoms with van der Waals surface area (Å²) in [4.78, 5) is 7.38. The Morgan fingerprint density at radius 1 is 1.33 bits per heavy atom. The van der Waals surface area contributed by atoms with Crippen LogP contribution in [0, 0.1) is 0 Å². The van der Waals surface area contributed by atoms with E-state index in [1.54, 1.807) is 0 Å². The molecule has 2 aromatic heterocycles. The van der Waals surface area contributed by atoms with Crippen LogP contribution in [0.2, 0.25) is 10.2 Å². The molecule has 0 aromatic carbocycles. The number of nitrogens with one attached hydrogen (secondary N) is 2. The molecular weight excluding hydrogens is 301 g/mol. The van der Waals surface area contributed by atoms with Crippen LogP contribution < -0.4 is 4.72 Å². The predicted octanol–water partition coefficient (Wildman–Crippen LogP) is 0.985. The van der Waals surface area contributed by atoms with Gasteiger partial charge in [0.15, 0.2) is 0 Å². The maximum Gasteiger partial charge on any atom is 0.242 e. The van der Waals surface area contributed by atoms with Crippen LogP contribution in [0.4, 0.5) is 0 Å². The Labute approximate surface area is 113 Å². The highest BCUT2D eigenvalue weighted by atomic mass is 35.5. The summed E-state index contributed by atoms with van der Waals surface area (Å²) in [6, 6.07) is 1.22. The van der Waals surface area contributed by atoms with E-state index in [1.165, 1.54) is 12.4 Å². The van der Waals surface area contributed by atoms with Crippen LogP contribution in [0.3, 0.4) is 0 Å². The molecule has 0 atom stereocenters. The van der Waals surface area contributed by atoms with E-state index < -0.39 is 10.0 Å². The average molecular weight is 308 g/mol. The van der Waals surface area contributed by atoms with E-state index in [0.717, 1.165) is 6.20 Å². The summed E-state index contributed by atoms with van der Waals surface area (Å²) in [5.74, 6) is 0.395. The number of rotatable bonds is 4. The van der Waals surface area contributed by atoms with E-state index in [-0.39, 0.29) is 21.6 Å². The molecule has 0 spiro atoms. The van der Waals surface area contributed by atoms with Gasteiger partial charge in [0.1, 0.15) is 22.2 Å². The van der Waals surface area contributed by atoms with Gasteiger partial charge in [0.25, 0.3) is 0 Å². The summed E-state index contributed by atoms with van der Waals surface area (Å²) in [7, 11) is -3.72. The van der Waals surface area contributed by atoms with Crippen molar-refractivity contribution in [1.29, 1.82) is 0 Å². The minimum absolute atomic E-state index is 0.0113. The molecule has 0 aliphatic heterocycles. The molecule has 18 heavy (non-hydrogen) atoms. The highest BCUT2D eigenvalue weighted by molar-refractivity contribution is 7.89. The molecule has 96 valence electrons. The Kier molecular flexibility index (Phi) is 3.81. The molecule has 0 bridgehead atoms. The van der Waals surface area contributed by atoms with Gasteiger partial charge in [-0.05, 0) is 6.07 Å². The van der Waals surface area contributed by atoms with Gasteiger partial charge in [0.05, 0.1) is 11.6 Å². The lowest BCUT2D eigenvalue weighted by Gasteiger charge is -2.05. The van der Waals surface area contributed by atoms with Crippen molar-refractivity contribution >= 4 is 33.2 Å². The zero-order valence-electron chi connectivity index (χ0n) is 8.76. The summed E-state index contributed by atoms with van der Waals surface area (Å²) in [6.45, 7) is -0.0113. The fourth-order valence-corrected chi connectivity index (χ4v) is 2.41. The number of pyridine rings is 1. The zero-order chi connectivity index (χ0) is 13.2. The van der Waals surface area contributed by atoms with E-state index in [9.17, 15) is 8.42 Å². The second-order valence-corrected chi connectivity index (χ2v) is 5.73. The normalized spacial score (nSPS) is 11.7. The second kappa shape index (κ2) is 5.19. The quantitative estimate of drug-likeness (QED) is 0.820. The lowest BCUT2D eigenvalue weighted by molar-refractivity contribution is 0.579. The number of halogens is 2. The smallest absolute Gasteiger partial charge is 0.242 e. The summed E-state index contributed by atoms with van der Waals surface area (Å²) in [5.41, 5.74) is 0. The van der Waals surface area contributed by atoms with Gasteiger partial charge in [-0.25, -0.2) is 23.1 Å². The molecule has 0 saturated heterocycles. The topological polar surface area (TPSA) is 101 Å². The Morgan fingerprint density at radius 3 is 2.72 bits per heavy atom. The first-order valence-corrected chi connectivity index (χ1v) is 6.88. The highest BCUT2D eigenvalue weighted by Crippen LogP contribution is 2.21. The van der Waals surface area contributed by atoms with Crippen LogP contribution in [-0.2, 0) is 16.6 Å². The first-order valence-electron chi connectivity index (χ1n) is 4.64. The number of hydrogen-bond acceptors (Lipinski definition) is 5. The van der Waals surface area contributed by atoms with Gasteiger partial charge >= 0.3 is 0 Å². The van der Waals surface area contributed by atoms with Gasteiger partial charge in [-0.3, -0.25) is 5.10 Å². The van der Waals surface area contributed by atoms with Gasteiger partial charge in [0, 0.05) is 6.20 Å². The highest BCUT2D eigenvalue weighted by Gasteiger charge is 2.16. The predicted molar refractivity (Wildman–Crippen MR) is 64.7 cm³/mol. The van der Waals surface area contributed by atoms with Crippen molar-refractivity contribution in [3.8, 4) is 0 Å². The van der Waals surface area contributed by atoms with Crippen molar-refractivity contribution in [2.75, 3.05) is 0 Å². The SMILES string of the molecule is O=S(=O)(NCc1ncn[nH]1)c1cnc(Cl)c(Cl)c1. The first-order chi connectivity index (χ1) is 8.49. The summed E-state index contributed by atoms with van der Waals surface area (Å²) >= 11 is 11.3. The van der Waals surface area contributed by atoms with Gasteiger partial charge in [-0.1, -0.05) is 23.2 Å². The third-order valence-corrected chi connectivity index (χ3v) is 4.03. The van der Waals surface area contributed by atoms with Gasteiger partial charge in [0.2, 0.25) is 10.0 Å². The number of aromatic nitrogens is 4. The van der Waals surface area contributed by atoms with Crippen LogP contribution in [0.1, 0.15) is 5.82 Å². The number of H-pyrrole nitrogens is 1. The number of sulfonamides is 1.